The van der Waals surface area contributed by atoms with Crippen LogP contribution in [0.2, 0.25) is 5.02 Å². The van der Waals surface area contributed by atoms with Crippen molar-refractivity contribution >= 4 is 44.9 Å². The van der Waals surface area contributed by atoms with Crippen molar-refractivity contribution < 1.29 is 8.42 Å². The van der Waals surface area contributed by atoms with E-state index in [1.165, 1.54) is 29.7 Å². The summed E-state index contributed by atoms with van der Waals surface area (Å²) in [6.07, 6.45) is 7.41. The number of hydrogen-bond donors (Lipinski definition) is 4. The van der Waals surface area contributed by atoms with E-state index in [-0.39, 0.29) is 12.4 Å². The molecular formula is C21H25ClN8O2S. The summed E-state index contributed by atoms with van der Waals surface area (Å²) in [4.78, 5) is 17.0. The Morgan fingerprint density at radius 2 is 1.97 bits per heavy atom. The predicted molar refractivity (Wildman–Crippen MR) is 129 cm³/mol. The van der Waals surface area contributed by atoms with Gasteiger partial charge in [0.2, 0.25) is 16.0 Å². The first kappa shape index (κ1) is 23.1. The van der Waals surface area contributed by atoms with Crippen LogP contribution in [0.3, 0.4) is 0 Å². The monoisotopic (exact) mass is 488 g/mol. The van der Waals surface area contributed by atoms with Crippen molar-refractivity contribution in [3.05, 3.63) is 58.6 Å². The molecule has 1 aliphatic heterocycles. The van der Waals surface area contributed by atoms with Gasteiger partial charge in [0.05, 0.1) is 19.0 Å². The molecule has 3 aromatic rings. The van der Waals surface area contributed by atoms with Crippen molar-refractivity contribution in [3.63, 3.8) is 0 Å². The summed E-state index contributed by atoms with van der Waals surface area (Å²) in [6, 6.07) is 6.74. The molecule has 0 amide bonds. The molecule has 1 unspecified atom stereocenters. The maximum Gasteiger partial charge on any atom is 0.231 e. The molecule has 1 aromatic carbocycles. The number of sulfonamides is 1. The summed E-state index contributed by atoms with van der Waals surface area (Å²) in [5, 5.41) is 10.1. The Morgan fingerprint density at radius 1 is 1.15 bits per heavy atom. The Balaban J connectivity index is 1.49. The Morgan fingerprint density at radius 3 is 2.79 bits per heavy atom. The third-order valence-electron chi connectivity index (χ3n) is 5.10. The summed E-state index contributed by atoms with van der Waals surface area (Å²) in [5.41, 5.74) is 3.95. The average molecular weight is 489 g/mol. The molecule has 0 radical (unpaired) electrons. The van der Waals surface area contributed by atoms with E-state index in [9.17, 15) is 8.42 Å². The quantitative estimate of drug-likeness (QED) is 0.396. The zero-order valence-electron chi connectivity index (χ0n) is 18.3. The summed E-state index contributed by atoms with van der Waals surface area (Å²) in [7, 11) is -3.49. The van der Waals surface area contributed by atoms with Crippen molar-refractivity contribution in [3.8, 4) is 0 Å². The van der Waals surface area contributed by atoms with E-state index in [1.807, 2.05) is 6.07 Å². The van der Waals surface area contributed by atoms with Crippen molar-refractivity contribution in [1.82, 2.24) is 25.3 Å². The highest BCUT2D eigenvalue weighted by molar-refractivity contribution is 7.92. The van der Waals surface area contributed by atoms with E-state index < -0.39 is 10.0 Å². The molecular weight excluding hydrogens is 464 g/mol. The maximum absolute atomic E-state index is 11.6. The number of fused-ring (bicyclic) bond motifs is 1. The lowest BCUT2D eigenvalue weighted by atomic mass is 10.0. The van der Waals surface area contributed by atoms with Gasteiger partial charge in [-0.3, -0.25) is 9.71 Å². The number of nitrogens with one attached hydrogen (secondary N) is 4. The average Bonchev–Trinajstić information content (AvgIpc) is 2.94. The van der Waals surface area contributed by atoms with Gasteiger partial charge in [-0.25, -0.2) is 18.4 Å². The van der Waals surface area contributed by atoms with Crippen molar-refractivity contribution in [2.24, 2.45) is 0 Å². The van der Waals surface area contributed by atoms with Crippen molar-refractivity contribution in [2.75, 3.05) is 28.2 Å². The number of rotatable bonds is 7. The summed E-state index contributed by atoms with van der Waals surface area (Å²) < 4.78 is 25.5. The lowest BCUT2D eigenvalue weighted by molar-refractivity contribution is 0.568. The first-order valence-corrected chi connectivity index (χ1v) is 12.7. The minimum Gasteiger partial charge on any atom is -0.363 e. The van der Waals surface area contributed by atoms with Crippen LogP contribution in [0.1, 0.15) is 23.7 Å². The topological polar surface area (TPSA) is 134 Å². The van der Waals surface area contributed by atoms with E-state index in [0.29, 0.717) is 28.5 Å². The van der Waals surface area contributed by atoms with Crippen LogP contribution in [-0.2, 0) is 29.4 Å². The van der Waals surface area contributed by atoms with Gasteiger partial charge in [0.15, 0.2) is 11.6 Å². The Labute approximate surface area is 197 Å². The second-order valence-corrected chi connectivity index (χ2v) is 10.0. The SMILES string of the molecule is CC1Cc2ccc(Nc3ncc(Cl)c(NCc4nccnc4NS(C)(=O)=O)n3)cc2CCN1. The molecule has 10 nitrogen and oxygen atoms in total. The second-order valence-electron chi connectivity index (χ2n) is 7.89. The predicted octanol–water partition coefficient (Wildman–Crippen LogP) is 2.72. The number of aromatic nitrogens is 4. The van der Waals surface area contributed by atoms with Gasteiger partial charge in [0.25, 0.3) is 0 Å². The van der Waals surface area contributed by atoms with Crippen LogP contribution in [0.25, 0.3) is 0 Å². The molecule has 174 valence electrons. The van der Waals surface area contributed by atoms with Gasteiger partial charge in [-0.15, -0.1) is 0 Å². The molecule has 0 fully saturated rings. The molecule has 1 atom stereocenters. The third-order valence-corrected chi connectivity index (χ3v) is 5.94. The van der Waals surface area contributed by atoms with Crippen LogP contribution in [0.5, 0.6) is 0 Å². The largest absolute Gasteiger partial charge is 0.363 e. The molecule has 12 heteroatoms. The highest BCUT2D eigenvalue weighted by atomic mass is 35.5. The lowest BCUT2D eigenvalue weighted by Gasteiger charge is -2.13. The third kappa shape index (κ3) is 6.28. The van der Waals surface area contributed by atoms with Gasteiger partial charge >= 0.3 is 0 Å². The first-order chi connectivity index (χ1) is 15.8. The first-order valence-electron chi connectivity index (χ1n) is 10.4. The van der Waals surface area contributed by atoms with Crippen molar-refractivity contribution in [2.45, 2.75) is 32.4 Å². The van der Waals surface area contributed by atoms with Gasteiger partial charge in [-0.1, -0.05) is 17.7 Å². The number of nitrogens with zero attached hydrogens (tertiary/aromatic N) is 4. The Hall–Kier alpha value is -3.02. The summed E-state index contributed by atoms with van der Waals surface area (Å²) in [6.45, 7) is 3.30. The van der Waals surface area contributed by atoms with E-state index in [0.717, 1.165) is 31.3 Å². The van der Waals surface area contributed by atoms with E-state index in [4.69, 9.17) is 11.6 Å². The van der Waals surface area contributed by atoms with Crippen LogP contribution in [0.15, 0.2) is 36.8 Å². The summed E-state index contributed by atoms with van der Waals surface area (Å²) in [5.74, 6) is 0.915. The Kier molecular flexibility index (Phi) is 6.91. The van der Waals surface area contributed by atoms with E-state index in [2.05, 4.69) is 59.7 Å². The fraction of sp³-hybridized carbons (Fsp3) is 0.333. The molecule has 4 rings (SSSR count). The lowest BCUT2D eigenvalue weighted by Crippen LogP contribution is -2.27. The van der Waals surface area contributed by atoms with Crippen LogP contribution >= 0.6 is 11.6 Å². The molecule has 0 spiro atoms. The van der Waals surface area contributed by atoms with Gasteiger partial charge < -0.3 is 16.0 Å². The Bertz CT molecular complexity index is 1250. The van der Waals surface area contributed by atoms with Gasteiger partial charge in [0, 0.05) is 24.1 Å². The second kappa shape index (κ2) is 9.86. The van der Waals surface area contributed by atoms with Crippen LogP contribution < -0.4 is 20.7 Å². The minimum atomic E-state index is -3.49. The summed E-state index contributed by atoms with van der Waals surface area (Å²) >= 11 is 6.27. The van der Waals surface area contributed by atoms with Gasteiger partial charge in [-0.05, 0) is 49.6 Å². The van der Waals surface area contributed by atoms with Crippen LogP contribution in [0, 0.1) is 0 Å². The molecule has 33 heavy (non-hydrogen) atoms. The molecule has 0 aliphatic carbocycles. The molecule has 3 heterocycles. The molecule has 0 saturated heterocycles. The molecule has 0 saturated carbocycles. The zero-order chi connectivity index (χ0) is 23.4. The number of halogens is 1. The molecule has 4 N–H and O–H groups in total. The highest BCUT2D eigenvalue weighted by Crippen LogP contribution is 2.25. The zero-order valence-corrected chi connectivity index (χ0v) is 19.8. The van der Waals surface area contributed by atoms with Crippen molar-refractivity contribution in [1.29, 1.82) is 0 Å². The van der Waals surface area contributed by atoms with Gasteiger partial charge in [0.1, 0.15) is 10.7 Å². The normalized spacial score (nSPS) is 15.9. The molecule has 2 aromatic heterocycles. The molecule has 0 bridgehead atoms. The van der Waals surface area contributed by atoms with Crippen LogP contribution in [0.4, 0.5) is 23.3 Å². The highest BCUT2D eigenvalue weighted by Gasteiger charge is 2.14. The number of hydrogen-bond acceptors (Lipinski definition) is 9. The fourth-order valence-electron chi connectivity index (χ4n) is 3.60. The number of anilines is 4. The standard InChI is InChI=1S/C21H25ClN8O2S/c1-13-9-14-3-4-16(10-15(14)5-6-23-13)28-21-27-11-17(22)19(29-21)26-12-18-20(25-8-7-24-18)30-33(2,31)32/h3-4,7-8,10-11,13,23H,5-6,9,12H2,1-2H3,(H,25,30)(H2,26,27,28,29). The van der Waals surface area contributed by atoms with Crippen LogP contribution in [-0.4, -0.2) is 47.2 Å². The minimum absolute atomic E-state index is 0.143. The van der Waals surface area contributed by atoms with Gasteiger partial charge in [-0.2, -0.15) is 4.98 Å². The van der Waals surface area contributed by atoms with E-state index >= 15 is 0 Å². The molecule has 1 aliphatic rings. The maximum atomic E-state index is 11.6. The smallest absolute Gasteiger partial charge is 0.231 e. The van der Waals surface area contributed by atoms with E-state index in [1.54, 1.807) is 0 Å². The number of benzene rings is 1. The fourth-order valence-corrected chi connectivity index (χ4v) is 4.28.